The Morgan fingerprint density at radius 1 is 0.448 bits per heavy atom. The minimum atomic E-state index is 0. The van der Waals surface area contributed by atoms with Gasteiger partial charge in [-0.25, -0.2) is 9.97 Å². The Balaban J connectivity index is 0.00000469. The molecule has 3 aromatic heterocycles. The van der Waals surface area contributed by atoms with Crippen molar-refractivity contribution in [2.45, 2.75) is 39.5 Å². The van der Waals surface area contributed by atoms with Gasteiger partial charge in [-0.15, -0.1) is 33.8 Å². The second kappa shape index (κ2) is 16.1. The molecule has 0 fully saturated rings. The maximum absolute atomic E-state index is 5.43. The summed E-state index contributed by atoms with van der Waals surface area (Å²) in [6.07, 6.45) is 10.6. The SMILES string of the molecule is CSc1ccc(-c2c3nc(c(-c4c(C)cc(C)cc4C)c4ccc([n-]4)c(C)c4nc(c(-c5ccc(C#Cc6ccc(C)cc6)cc5)c5ccc2[n-]5)C=C4)C=C3)cc1.[Zn+2]. The summed E-state index contributed by atoms with van der Waals surface area (Å²) in [5.41, 5.74) is 20.9. The molecule has 0 aliphatic carbocycles. The van der Waals surface area contributed by atoms with Gasteiger partial charge in [-0.1, -0.05) is 95.8 Å². The molecule has 0 N–H and O–H groups in total. The van der Waals surface area contributed by atoms with Crippen LogP contribution in [-0.2, 0) is 19.5 Å². The fourth-order valence-corrected chi connectivity index (χ4v) is 8.32. The van der Waals surface area contributed by atoms with Crippen LogP contribution >= 0.6 is 11.8 Å². The molecular weight excluding hydrogens is 778 g/mol. The van der Waals surface area contributed by atoms with Gasteiger partial charge < -0.3 is 9.97 Å². The van der Waals surface area contributed by atoms with Crippen LogP contribution in [0.15, 0.2) is 114 Å². The minimum Gasteiger partial charge on any atom is -0.657 e. The quantitative estimate of drug-likeness (QED) is 0.101. The van der Waals surface area contributed by atoms with Gasteiger partial charge in [-0.2, -0.15) is 0 Å². The molecule has 7 aromatic rings. The van der Waals surface area contributed by atoms with Crippen LogP contribution < -0.4 is 9.97 Å². The van der Waals surface area contributed by atoms with E-state index in [2.05, 4.69) is 186 Å². The largest absolute Gasteiger partial charge is 2.00 e. The molecule has 0 atom stereocenters. The molecule has 276 valence electrons. The maximum Gasteiger partial charge on any atom is 2.00 e. The van der Waals surface area contributed by atoms with Crippen molar-refractivity contribution in [2.75, 3.05) is 6.26 Å². The summed E-state index contributed by atoms with van der Waals surface area (Å²) in [5, 5.41) is 0. The second-order valence-electron chi connectivity index (χ2n) is 14.8. The number of nitrogens with zero attached hydrogens (tertiary/aromatic N) is 4. The van der Waals surface area contributed by atoms with Gasteiger partial charge in [0.2, 0.25) is 0 Å². The zero-order chi connectivity index (χ0) is 39.2. The second-order valence-corrected chi connectivity index (χ2v) is 15.7. The molecule has 0 saturated carbocycles. The molecule has 0 unspecified atom stereocenters. The molecule has 0 amide bonds. The van der Waals surface area contributed by atoms with E-state index in [9.17, 15) is 0 Å². The van der Waals surface area contributed by atoms with E-state index in [0.29, 0.717) is 0 Å². The minimum absolute atomic E-state index is 0. The van der Waals surface area contributed by atoms with Gasteiger partial charge >= 0.3 is 19.5 Å². The van der Waals surface area contributed by atoms with E-state index < -0.39 is 0 Å². The first kappa shape index (κ1) is 38.9. The monoisotopic (exact) mass is 816 g/mol. The summed E-state index contributed by atoms with van der Waals surface area (Å²) in [4.78, 5) is 22.6. The first-order chi connectivity index (χ1) is 27.7. The van der Waals surface area contributed by atoms with Crippen molar-refractivity contribution in [3.8, 4) is 45.2 Å². The number of rotatable bonds is 4. The molecule has 4 nitrogen and oxygen atoms in total. The van der Waals surface area contributed by atoms with Gasteiger partial charge in [-0.3, -0.25) is 0 Å². The number of fused-ring (bicyclic) bond motifs is 8. The predicted molar refractivity (Wildman–Crippen MR) is 241 cm³/mol. The van der Waals surface area contributed by atoms with Crippen LogP contribution in [0.4, 0.5) is 0 Å². The Kier molecular flexibility index (Phi) is 10.8. The Morgan fingerprint density at radius 3 is 1.43 bits per heavy atom. The van der Waals surface area contributed by atoms with E-state index in [1.165, 1.54) is 27.1 Å². The van der Waals surface area contributed by atoms with E-state index in [0.717, 1.165) is 94.9 Å². The van der Waals surface area contributed by atoms with Crippen LogP contribution in [0, 0.1) is 46.5 Å². The molecule has 0 spiro atoms. The summed E-state index contributed by atoms with van der Waals surface area (Å²) in [6.45, 7) is 10.7. The number of benzene rings is 4. The van der Waals surface area contributed by atoms with Crippen LogP contribution in [0.5, 0.6) is 0 Å². The van der Waals surface area contributed by atoms with Crippen molar-refractivity contribution in [1.29, 1.82) is 0 Å². The zero-order valence-electron chi connectivity index (χ0n) is 33.6. The van der Waals surface area contributed by atoms with Gasteiger partial charge in [0.25, 0.3) is 0 Å². The fourth-order valence-electron chi connectivity index (χ4n) is 7.91. The average molecular weight is 818 g/mol. The Labute approximate surface area is 357 Å². The number of aromatic nitrogens is 4. The molecule has 58 heavy (non-hydrogen) atoms. The molecule has 4 aromatic carbocycles. The summed E-state index contributed by atoms with van der Waals surface area (Å²) in [6, 6.07) is 38.3. The summed E-state index contributed by atoms with van der Waals surface area (Å²) >= 11 is 1.73. The van der Waals surface area contributed by atoms with Crippen molar-refractivity contribution in [2.24, 2.45) is 0 Å². The van der Waals surface area contributed by atoms with Crippen LogP contribution in [-0.4, -0.2) is 16.2 Å². The number of hydrogen-bond acceptors (Lipinski definition) is 3. The Hall–Kier alpha value is -5.99. The van der Waals surface area contributed by atoms with Gasteiger partial charge in [-0.05, 0) is 152 Å². The number of aryl methyl sites for hydroxylation is 5. The van der Waals surface area contributed by atoms with E-state index in [4.69, 9.17) is 19.9 Å². The standard InChI is InChI=1S/C52H40N4S.Zn/c1-31-7-9-36(10-8-31)11-12-37-13-15-38(16-14-37)50-43-23-21-41(53-43)35(5)42-22-24-47(54-42)52(49-33(3)29-32(2)30-34(49)4)48-28-27-46(56-48)51(45-26-25-44(50)55-45)39-17-19-40(57-6)20-18-39;/h7-10,13-30H,1-6H3;/q-2;+2. The third-order valence-electron chi connectivity index (χ3n) is 10.7. The maximum atomic E-state index is 5.43. The molecule has 6 heteroatoms. The van der Waals surface area contributed by atoms with Crippen molar-refractivity contribution in [3.63, 3.8) is 0 Å². The molecular formula is C52H40N4SZn. The average Bonchev–Trinajstić information content (AvgIpc) is 4.06. The van der Waals surface area contributed by atoms with E-state index in [1.54, 1.807) is 11.8 Å². The van der Waals surface area contributed by atoms with Crippen molar-refractivity contribution >= 4 is 58.1 Å². The van der Waals surface area contributed by atoms with Crippen molar-refractivity contribution in [1.82, 2.24) is 19.9 Å². The van der Waals surface area contributed by atoms with E-state index >= 15 is 0 Å². The van der Waals surface area contributed by atoms with Crippen LogP contribution in [0.25, 0.3) is 79.8 Å². The fraction of sp³-hybridized carbons (Fsp3) is 0.115. The molecule has 0 radical (unpaired) electrons. The zero-order valence-corrected chi connectivity index (χ0v) is 37.4. The topological polar surface area (TPSA) is 54.0 Å². The first-order valence-electron chi connectivity index (χ1n) is 19.2. The Bertz CT molecular complexity index is 3000. The summed E-state index contributed by atoms with van der Waals surface area (Å²) in [5.74, 6) is 6.65. The summed E-state index contributed by atoms with van der Waals surface area (Å²) < 4.78 is 0. The van der Waals surface area contributed by atoms with Crippen LogP contribution in [0.1, 0.15) is 61.7 Å². The van der Waals surface area contributed by atoms with Crippen LogP contribution in [0.2, 0.25) is 0 Å². The van der Waals surface area contributed by atoms with E-state index in [1.807, 2.05) is 0 Å². The van der Waals surface area contributed by atoms with Crippen molar-refractivity contribution < 1.29 is 19.5 Å². The molecule has 2 aliphatic rings. The van der Waals surface area contributed by atoms with Crippen LogP contribution in [0.3, 0.4) is 0 Å². The predicted octanol–water partition coefficient (Wildman–Crippen LogP) is 12.6. The molecule has 9 rings (SSSR count). The molecule has 8 bridgehead atoms. The van der Waals surface area contributed by atoms with Gasteiger partial charge in [0.1, 0.15) is 0 Å². The molecule has 5 heterocycles. The smallest absolute Gasteiger partial charge is 0.657 e. The van der Waals surface area contributed by atoms with Gasteiger partial charge in [0.05, 0.1) is 22.8 Å². The molecule has 0 saturated heterocycles. The van der Waals surface area contributed by atoms with Gasteiger partial charge in [0.15, 0.2) is 0 Å². The summed E-state index contributed by atoms with van der Waals surface area (Å²) in [7, 11) is 0. The normalized spacial score (nSPS) is 11.6. The number of hydrogen-bond donors (Lipinski definition) is 0. The third-order valence-corrected chi connectivity index (χ3v) is 11.5. The molecule has 2 aliphatic heterocycles. The van der Waals surface area contributed by atoms with Crippen molar-refractivity contribution in [3.05, 3.63) is 171 Å². The van der Waals surface area contributed by atoms with E-state index in [-0.39, 0.29) is 19.5 Å². The number of thioether (sulfide) groups is 1. The first-order valence-corrected chi connectivity index (χ1v) is 20.4. The van der Waals surface area contributed by atoms with Gasteiger partial charge in [0, 0.05) is 16.0 Å². The Morgan fingerprint density at radius 2 is 0.879 bits per heavy atom. The third kappa shape index (κ3) is 7.45.